The van der Waals surface area contributed by atoms with Gasteiger partial charge in [0.05, 0.1) is 17.9 Å². The highest BCUT2D eigenvalue weighted by atomic mass is 32.2. The van der Waals surface area contributed by atoms with Gasteiger partial charge >= 0.3 is 0 Å². The molecule has 18 heavy (non-hydrogen) atoms. The van der Waals surface area contributed by atoms with Crippen molar-refractivity contribution in [2.75, 3.05) is 19.6 Å². The van der Waals surface area contributed by atoms with Crippen molar-refractivity contribution >= 4 is 10.0 Å². The Morgan fingerprint density at radius 2 is 2.39 bits per heavy atom. The average molecular weight is 274 g/mol. The number of hydrogen-bond acceptors (Lipinski definition) is 5. The van der Waals surface area contributed by atoms with Gasteiger partial charge in [-0.2, -0.15) is 9.40 Å². The standard InChI is InChI=1S/C10H18N4O3S/c1-10(2)7-14(6-8(5-11)17-10)18(15,16)9-3-4-12-13-9/h3-4,8H,5-7,11H2,1-2H3,(H,12,13). The Balaban J connectivity index is 2.28. The van der Waals surface area contributed by atoms with E-state index in [2.05, 4.69) is 10.2 Å². The molecule has 1 aliphatic rings. The molecule has 7 nitrogen and oxygen atoms in total. The Hall–Kier alpha value is -0.960. The van der Waals surface area contributed by atoms with Crippen LogP contribution in [0.25, 0.3) is 0 Å². The van der Waals surface area contributed by atoms with Crippen molar-refractivity contribution in [3.05, 3.63) is 12.3 Å². The molecular formula is C10H18N4O3S. The fourth-order valence-corrected chi connectivity index (χ4v) is 3.60. The molecule has 1 aromatic heterocycles. The molecule has 2 rings (SSSR count). The van der Waals surface area contributed by atoms with Crippen molar-refractivity contribution in [1.82, 2.24) is 14.5 Å². The smallest absolute Gasteiger partial charge is 0.260 e. The van der Waals surface area contributed by atoms with E-state index in [-0.39, 0.29) is 17.7 Å². The van der Waals surface area contributed by atoms with Gasteiger partial charge < -0.3 is 10.5 Å². The Morgan fingerprint density at radius 3 is 2.94 bits per heavy atom. The first kappa shape index (κ1) is 13.5. The molecule has 0 aliphatic carbocycles. The van der Waals surface area contributed by atoms with Crippen molar-refractivity contribution in [3.63, 3.8) is 0 Å². The summed E-state index contributed by atoms with van der Waals surface area (Å²) in [5.74, 6) is 0. The van der Waals surface area contributed by atoms with Gasteiger partial charge in [-0.05, 0) is 19.9 Å². The number of nitrogens with one attached hydrogen (secondary N) is 1. The second-order valence-electron chi connectivity index (χ2n) is 4.95. The first-order valence-electron chi connectivity index (χ1n) is 5.72. The van der Waals surface area contributed by atoms with Gasteiger partial charge in [0.2, 0.25) is 0 Å². The molecule has 1 unspecified atom stereocenters. The average Bonchev–Trinajstić information content (AvgIpc) is 2.80. The van der Waals surface area contributed by atoms with E-state index in [0.717, 1.165) is 0 Å². The quantitative estimate of drug-likeness (QED) is 0.776. The van der Waals surface area contributed by atoms with Crippen LogP contribution < -0.4 is 5.73 Å². The summed E-state index contributed by atoms with van der Waals surface area (Å²) >= 11 is 0. The number of nitrogens with zero attached hydrogens (tertiary/aromatic N) is 2. The van der Waals surface area contributed by atoms with Gasteiger partial charge in [-0.25, -0.2) is 8.42 Å². The van der Waals surface area contributed by atoms with Crippen molar-refractivity contribution < 1.29 is 13.2 Å². The lowest BCUT2D eigenvalue weighted by atomic mass is 10.1. The van der Waals surface area contributed by atoms with E-state index in [4.69, 9.17) is 10.5 Å². The van der Waals surface area contributed by atoms with Gasteiger partial charge in [0.25, 0.3) is 10.0 Å². The van der Waals surface area contributed by atoms with Crippen molar-refractivity contribution in [1.29, 1.82) is 0 Å². The molecule has 8 heteroatoms. The molecule has 2 heterocycles. The number of nitrogens with two attached hydrogens (primary N) is 1. The Kier molecular flexibility index (Phi) is 3.45. The zero-order chi connectivity index (χ0) is 13.4. The number of rotatable bonds is 3. The number of aromatic amines is 1. The predicted molar refractivity (Wildman–Crippen MR) is 65.4 cm³/mol. The summed E-state index contributed by atoms with van der Waals surface area (Å²) in [6.45, 7) is 4.55. The van der Waals surface area contributed by atoms with Crippen LogP contribution in [0.4, 0.5) is 0 Å². The zero-order valence-corrected chi connectivity index (χ0v) is 11.3. The maximum atomic E-state index is 12.4. The molecular weight excluding hydrogens is 256 g/mol. The third kappa shape index (κ3) is 2.56. The summed E-state index contributed by atoms with van der Waals surface area (Å²) in [4.78, 5) is 0. The summed E-state index contributed by atoms with van der Waals surface area (Å²) in [5.41, 5.74) is 5.04. The third-order valence-electron chi connectivity index (χ3n) is 2.81. The first-order chi connectivity index (χ1) is 8.35. The van der Waals surface area contributed by atoms with Crippen LogP contribution in [0.5, 0.6) is 0 Å². The van der Waals surface area contributed by atoms with Crippen LogP contribution in [-0.4, -0.2) is 54.3 Å². The number of ether oxygens (including phenoxy) is 1. The van der Waals surface area contributed by atoms with Gasteiger partial charge in [-0.15, -0.1) is 0 Å². The van der Waals surface area contributed by atoms with Gasteiger partial charge in [0.15, 0.2) is 5.03 Å². The SMILES string of the molecule is CC1(C)CN(S(=O)(=O)c2ccn[nH]2)CC(CN)O1. The Morgan fingerprint density at radius 1 is 1.67 bits per heavy atom. The summed E-state index contributed by atoms with van der Waals surface area (Å²) in [7, 11) is -3.55. The lowest BCUT2D eigenvalue weighted by Crippen LogP contribution is -2.56. The molecule has 1 aliphatic heterocycles. The highest BCUT2D eigenvalue weighted by Crippen LogP contribution is 2.25. The van der Waals surface area contributed by atoms with Gasteiger partial charge in [-0.3, -0.25) is 5.10 Å². The normalized spacial score (nSPS) is 25.2. The Labute approximate surface area is 106 Å². The Bertz CT molecular complexity index is 497. The van der Waals surface area contributed by atoms with E-state index in [0.29, 0.717) is 13.1 Å². The zero-order valence-electron chi connectivity index (χ0n) is 10.5. The summed E-state index contributed by atoms with van der Waals surface area (Å²) < 4.78 is 31.8. The van der Waals surface area contributed by atoms with Crippen LogP contribution >= 0.6 is 0 Å². The van der Waals surface area contributed by atoms with E-state index in [9.17, 15) is 8.42 Å². The van der Waals surface area contributed by atoms with E-state index in [1.54, 1.807) is 0 Å². The maximum absolute atomic E-state index is 12.4. The molecule has 3 N–H and O–H groups in total. The van der Waals surface area contributed by atoms with Crippen molar-refractivity contribution in [2.45, 2.75) is 30.6 Å². The van der Waals surface area contributed by atoms with Crippen LogP contribution in [0, 0.1) is 0 Å². The lowest BCUT2D eigenvalue weighted by Gasteiger charge is -2.41. The van der Waals surface area contributed by atoms with E-state index < -0.39 is 15.6 Å². The minimum absolute atomic E-state index is 0.0935. The van der Waals surface area contributed by atoms with E-state index in [1.807, 2.05) is 13.8 Å². The number of sulfonamides is 1. The molecule has 0 saturated carbocycles. The third-order valence-corrected chi connectivity index (χ3v) is 4.55. The van der Waals surface area contributed by atoms with Crippen LogP contribution in [0.1, 0.15) is 13.8 Å². The predicted octanol–water partition coefficient (Wildman–Crippen LogP) is -0.463. The molecule has 0 spiro atoms. The lowest BCUT2D eigenvalue weighted by molar-refractivity contribution is -0.112. The van der Waals surface area contributed by atoms with E-state index >= 15 is 0 Å². The minimum atomic E-state index is -3.55. The number of morpholine rings is 1. The van der Waals surface area contributed by atoms with Gasteiger partial charge in [-0.1, -0.05) is 0 Å². The van der Waals surface area contributed by atoms with Crippen LogP contribution in [-0.2, 0) is 14.8 Å². The second-order valence-corrected chi connectivity index (χ2v) is 6.86. The number of aromatic nitrogens is 2. The summed E-state index contributed by atoms with van der Waals surface area (Å²) in [5, 5.41) is 6.25. The molecule has 0 radical (unpaired) electrons. The van der Waals surface area contributed by atoms with Gasteiger partial charge in [0, 0.05) is 19.6 Å². The molecule has 0 aromatic carbocycles. The highest BCUT2D eigenvalue weighted by Gasteiger charge is 2.39. The topological polar surface area (TPSA) is 101 Å². The summed E-state index contributed by atoms with van der Waals surface area (Å²) in [6.07, 6.45) is 1.13. The fourth-order valence-electron chi connectivity index (χ4n) is 2.07. The molecule has 1 fully saturated rings. The molecule has 1 saturated heterocycles. The minimum Gasteiger partial charge on any atom is -0.368 e. The van der Waals surface area contributed by atoms with Crippen LogP contribution in [0.3, 0.4) is 0 Å². The molecule has 1 aromatic rings. The summed E-state index contributed by atoms with van der Waals surface area (Å²) in [6, 6.07) is 1.44. The molecule has 0 bridgehead atoms. The largest absolute Gasteiger partial charge is 0.368 e. The van der Waals surface area contributed by atoms with Crippen molar-refractivity contribution in [3.8, 4) is 0 Å². The highest BCUT2D eigenvalue weighted by molar-refractivity contribution is 7.89. The van der Waals surface area contributed by atoms with Crippen molar-refractivity contribution in [2.24, 2.45) is 5.73 Å². The molecule has 1 atom stereocenters. The van der Waals surface area contributed by atoms with Crippen LogP contribution in [0.15, 0.2) is 17.3 Å². The fraction of sp³-hybridized carbons (Fsp3) is 0.700. The second kappa shape index (κ2) is 4.61. The number of hydrogen-bond donors (Lipinski definition) is 2. The van der Waals surface area contributed by atoms with E-state index in [1.165, 1.54) is 16.6 Å². The monoisotopic (exact) mass is 274 g/mol. The molecule has 0 amide bonds. The number of H-pyrrole nitrogens is 1. The van der Waals surface area contributed by atoms with Gasteiger partial charge in [0.1, 0.15) is 0 Å². The first-order valence-corrected chi connectivity index (χ1v) is 7.16. The maximum Gasteiger partial charge on any atom is 0.260 e. The molecule has 102 valence electrons. The van der Waals surface area contributed by atoms with Crippen LogP contribution in [0.2, 0.25) is 0 Å².